The van der Waals surface area contributed by atoms with E-state index >= 15 is 0 Å². The minimum atomic E-state index is 0.116. The fourth-order valence-corrected chi connectivity index (χ4v) is 1.74. The summed E-state index contributed by atoms with van der Waals surface area (Å²) in [6, 6.07) is 0. The number of nitrogens with two attached hydrogens (primary N) is 2. The highest BCUT2D eigenvalue weighted by Gasteiger charge is 2.09. The molecule has 0 atom stereocenters. The first kappa shape index (κ1) is 12.4. The first-order chi connectivity index (χ1) is 8.63. The molecule has 7 nitrogen and oxygen atoms in total. The summed E-state index contributed by atoms with van der Waals surface area (Å²) in [5.41, 5.74) is 13.1. The maximum atomic E-state index is 5.77. The molecular weight excluding hydrogens is 230 g/mol. The number of anilines is 2. The van der Waals surface area contributed by atoms with E-state index in [2.05, 4.69) is 38.7 Å². The van der Waals surface area contributed by atoms with Crippen molar-refractivity contribution in [1.29, 1.82) is 0 Å². The molecule has 0 aromatic carbocycles. The maximum Gasteiger partial charge on any atom is 0.224 e. The van der Waals surface area contributed by atoms with Gasteiger partial charge in [0.2, 0.25) is 5.95 Å². The van der Waals surface area contributed by atoms with Crippen LogP contribution in [-0.4, -0.2) is 37.9 Å². The van der Waals surface area contributed by atoms with E-state index in [0.29, 0.717) is 11.2 Å². The Labute approximate surface area is 105 Å². The molecule has 0 amide bonds. The second kappa shape index (κ2) is 5.09. The van der Waals surface area contributed by atoms with Gasteiger partial charge in [0.1, 0.15) is 0 Å². The van der Waals surface area contributed by atoms with Crippen LogP contribution in [0.5, 0.6) is 0 Å². The molecule has 2 aromatic rings. The van der Waals surface area contributed by atoms with E-state index in [9.17, 15) is 0 Å². The fourth-order valence-electron chi connectivity index (χ4n) is 1.74. The summed E-state index contributed by atoms with van der Waals surface area (Å²) in [5, 5.41) is 0. The van der Waals surface area contributed by atoms with Crippen molar-refractivity contribution in [2.75, 3.05) is 24.6 Å². The quantitative estimate of drug-likeness (QED) is 0.806. The molecular formula is C11H17N7. The number of nitrogen functional groups attached to an aromatic ring is 2. The van der Waals surface area contributed by atoms with E-state index in [0.717, 1.165) is 25.3 Å². The SMILES string of the molecule is CCN(CC)Cc1cnc2nc(N)nc(N)c2n1. The Hall–Kier alpha value is -2.02. The van der Waals surface area contributed by atoms with Crippen LogP contribution in [0.25, 0.3) is 11.2 Å². The molecule has 2 aromatic heterocycles. The summed E-state index contributed by atoms with van der Waals surface area (Å²) in [6.45, 7) is 6.87. The normalized spacial score (nSPS) is 11.3. The smallest absolute Gasteiger partial charge is 0.224 e. The first-order valence-corrected chi connectivity index (χ1v) is 5.91. The zero-order valence-electron chi connectivity index (χ0n) is 10.6. The Kier molecular flexibility index (Phi) is 3.52. The highest BCUT2D eigenvalue weighted by molar-refractivity contribution is 5.81. The molecule has 96 valence electrons. The Bertz CT molecular complexity index is 550. The lowest BCUT2D eigenvalue weighted by Gasteiger charge is -2.17. The Balaban J connectivity index is 2.38. The Morgan fingerprint density at radius 3 is 2.50 bits per heavy atom. The third kappa shape index (κ3) is 2.45. The van der Waals surface area contributed by atoms with Gasteiger partial charge in [0.25, 0.3) is 0 Å². The Morgan fingerprint density at radius 2 is 1.83 bits per heavy atom. The van der Waals surface area contributed by atoms with Gasteiger partial charge in [-0.2, -0.15) is 9.97 Å². The van der Waals surface area contributed by atoms with Gasteiger partial charge in [0, 0.05) is 6.54 Å². The minimum absolute atomic E-state index is 0.116. The summed E-state index contributed by atoms with van der Waals surface area (Å²) in [7, 11) is 0. The van der Waals surface area contributed by atoms with Crippen molar-refractivity contribution in [3.8, 4) is 0 Å². The largest absolute Gasteiger partial charge is 0.382 e. The average Bonchev–Trinajstić information content (AvgIpc) is 2.36. The van der Waals surface area contributed by atoms with Gasteiger partial charge in [0.05, 0.1) is 11.9 Å². The van der Waals surface area contributed by atoms with Gasteiger partial charge in [-0.15, -0.1) is 0 Å². The lowest BCUT2D eigenvalue weighted by atomic mass is 10.3. The maximum absolute atomic E-state index is 5.77. The van der Waals surface area contributed by atoms with Crippen LogP contribution in [0.4, 0.5) is 11.8 Å². The van der Waals surface area contributed by atoms with Crippen molar-refractivity contribution in [3.63, 3.8) is 0 Å². The zero-order valence-corrected chi connectivity index (χ0v) is 10.6. The summed E-state index contributed by atoms with van der Waals surface area (Å²) in [4.78, 5) is 18.8. The van der Waals surface area contributed by atoms with Gasteiger partial charge in [0.15, 0.2) is 17.0 Å². The molecule has 18 heavy (non-hydrogen) atoms. The second-order valence-electron chi connectivity index (χ2n) is 3.96. The van der Waals surface area contributed by atoms with Crippen LogP contribution in [-0.2, 0) is 6.54 Å². The Morgan fingerprint density at radius 1 is 1.11 bits per heavy atom. The summed E-state index contributed by atoms with van der Waals surface area (Å²) in [6.07, 6.45) is 1.70. The summed E-state index contributed by atoms with van der Waals surface area (Å²) < 4.78 is 0. The molecule has 0 aliphatic carbocycles. The van der Waals surface area contributed by atoms with E-state index < -0.39 is 0 Å². The fraction of sp³-hybridized carbons (Fsp3) is 0.455. The monoisotopic (exact) mass is 247 g/mol. The molecule has 2 rings (SSSR count). The molecule has 0 fully saturated rings. The topological polar surface area (TPSA) is 107 Å². The highest BCUT2D eigenvalue weighted by Crippen LogP contribution is 2.15. The lowest BCUT2D eigenvalue weighted by Crippen LogP contribution is -2.23. The van der Waals surface area contributed by atoms with Crippen LogP contribution in [0.1, 0.15) is 19.5 Å². The van der Waals surface area contributed by atoms with Crippen molar-refractivity contribution < 1.29 is 0 Å². The number of hydrogen-bond acceptors (Lipinski definition) is 7. The molecule has 7 heteroatoms. The molecule has 2 heterocycles. The summed E-state index contributed by atoms with van der Waals surface area (Å²) in [5.74, 6) is 0.386. The standard InChI is InChI=1S/C11H17N7/c1-3-18(4-2)6-7-5-14-10-8(15-7)9(12)16-11(13)17-10/h5H,3-4,6H2,1-2H3,(H4,12,13,14,16,17). The van der Waals surface area contributed by atoms with Gasteiger partial charge in [-0.05, 0) is 13.1 Å². The molecule has 0 saturated heterocycles. The zero-order chi connectivity index (χ0) is 13.1. The van der Waals surface area contributed by atoms with Gasteiger partial charge in [-0.25, -0.2) is 9.97 Å². The van der Waals surface area contributed by atoms with Crippen molar-refractivity contribution >= 4 is 22.9 Å². The van der Waals surface area contributed by atoms with Crippen molar-refractivity contribution in [2.24, 2.45) is 0 Å². The van der Waals surface area contributed by atoms with Crippen LogP contribution < -0.4 is 11.5 Å². The molecule has 4 N–H and O–H groups in total. The van der Waals surface area contributed by atoms with Crippen LogP contribution in [0.2, 0.25) is 0 Å². The molecule has 0 aliphatic heterocycles. The molecule has 0 radical (unpaired) electrons. The van der Waals surface area contributed by atoms with Gasteiger partial charge >= 0.3 is 0 Å². The third-order valence-electron chi connectivity index (χ3n) is 2.78. The lowest BCUT2D eigenvalue weighted by molar-refractivity contribution is 0.292. The molecule has 0 saturated carbocycles. The predicted molar refractivity (Wildman–Crippen MR) is 70.6 cm³/mol. The van der Waals surface area contributed by atoms with Gasteiger partial charge in [-0.1, -0.05) is 13.8 Å². The number of hydrogen-bond donors (Lipinski definition) is 2. The van der Waals surface area contributed by atoms with Crippen LogP contribution >= 0.6 is 0 Å². The highest BCUT2D eigenvalue weighted by atomic mass is 15.1. The molecule has 0 aliphatic rings. The predicted octanol–water partition coefficient (Wildman–Crippen LogP) is 0.426. The van der Waals surface area contributed by atoms with Gasteiger partial charge in [-0.3, -0.25) is 4.90 Å². The van der Waals surface area contributed by atoms with E-state index in [1.165, 1.54) is 0 Å². The molecule has 0 spiro atoms. The van der Waals surface area contributed by atoms with Crippen LogP contribution in [0.15, 0.2) is 6.20 Å². The molecule has 0 unspecified atom stereocenters. The van der Waals surface area contributed by atoms with Crippen LogP contribution in [0.3, 0.4) is 0 Å². The summed E-state index contributed by atoms with van der Waals surface area (Å²) >= 11 is 0. The van der Waals surface area contributed by atoms with E-state index in [4.69, 9.17) is 11.5 Å². The van der Waals surface area contributed by atoms with Crippen LogP contribution in [0, 0.1) is 0 Å². The first-order valence-electron chi connectivity index (χ1n) is 5.91. The van der Waals surface area contributed by atoms with Gasteiger partial charge < -0.3 is 11.5 Å². The minimum Gasteiger partial charge on any atom is -0.382 e. The number of fused-ring (bicyclic) bond motifs is 1. The second-order valence-corrected chi connectivity index (χ2v) is 3.96. The number of rotatable bonds is 4. The average molecular weight is 247 g/mol. The van der Waals surface area contributed by atoms with E-state index in [1.807, 2.05) is 0 Å². The van der Waals surface area contributed by atoms with E-state index in [1.54, 1.807) is 6.20 Å². The van der Waals surface area contributed by atoms with E-state index in [-0.39, 0.29) is 11.8 Å². The van der Waals surface area contributed by atoms with Crippen molar-refractivity contribution in [1.82, 2.24) is 24.8 Å². The van der Waals surface area contributed by atoms with Crippen molar-refractivity contribution in [3.05, 3.63) is 11.9 Å². The number of aromatic nitrogens is 4. The van der Waals surface area contributed by atoms with Crippen molar-refractivity contribution in [2.45, 2.75) is 20.4 Å². The number of nitrogens with zero attached hydrogens (tertiary/aromatic N) is 5. The third-order valence-corrected chi connectivity index (χ3v) is 2.78. The molecule has 0 bridgehead atoms.